The molecule has 0 aliphatic carbocycles. The van der Waals surface area contributed by atoms with Crippen molar-refractivity contribution in [1.29, 1.82) is 0 Å². The smallest absolute Gasteiger partial charge is 0.250 e. The third-order valence-corrected chi connectivity index (χ3v) is 6.72. The summed E-state index contributed by atoms with van der Waals surface area (Å²) in [6.45, 7) is 0.438. The van der Waals surface area contributed by atoms with Crippen molar-refractivity contribution in [3.05, 3.63) is 106 Å². The van der Waals surface area contributed by atoms with Crippen LogP contribution in [0.3, 0.4) is 0 Å². The molecule has 0 fully saturated rings. The van der Waals surface area contributed by atoms with E-state index in [1.54, 1.807) is 6.21 Å². The van der Waals surface area contributed by atoms with Crippen LogP contribution in [0.1, 0.15) is 11.1 Å². The molecule has 4 nitrogen and oxygen atoms in total. The van der Waals surface area contributed by atoms with Gasteiger partial charge in [0.05, 0.1) is 16.4 Å². The number of benzene rings is 4. The van der Waals surface area contributed by atoms with Crippen molar-refractivity contribution in [2.45, 2.75) is 11.5 Å². The van der Waals surface area contributed by atoms with Crippen molar-refractivity contribution in [3.8, 4) is 5.75 Å². The first kappa shape index (κ1) is 23.4. The number of nitrogens with one attached hydrogen (secondary N) is 1. The van der Waals surface area contributed by atoms with E-state index in [4.69, 9.17) is 16.3 Å². The largest absolute Gasteiger partial charge is 0.488 e. The fourth-order valence-corrected chi connectivity index (χ4v) is 4.64. The lowest BCUT2D eigenvalue weighted by Crippen LogP contribution is -2.19. The van der Waals surface area contributed by atoms with Crippen LogP contribution < -0.4 is 10.2 Å². The predicted molar refractivity (Wildman–Crippen MR) is 140 cm³/mol. The van der Waals surface area contributed by atoms with Crippen molar-refractivity contribution >= 4 is 62.2 Å². The number of rotatable bonds is 8. The lowest BCUT2D eigenvalue weighted by molar-refractivity contribution is -0.118. The summed E-state index contributed by atoms with van der Waals surface area (Å²) < 4.78 is 6.66. The van der Waals surface area contributed by atoms with Crippen LogP contribution >= 0.6 is 39.3 Å². The number of fused-ring (bicyclic) bond motifs is 1. The van der Waals surface area contributed by atoms with Gasteiger partial charge in [-0.25, -0.2) is 5.43 Å². The van der Waals surface area contributed by atoms with Crippen LogP contribution in [-0.2, 0) is 11.4 Å². The zero-order valence-electron chi connectivity index (χ0n) is 17.5. The number of hydrogen-bond donors (Lipinski definition) is 1. The van der Waals surface area contributed by atoms with Crippen molar-refractivity contribution in [3.63, 3.8) is 0 Å². The van der Waals surface area contributed by atoms with E-state index in [1.807, 2.05) is 66.7 Å². The van der Waals surface area contributed by atoms with Gasteiger partial charge >= 0.3 is 0 Å². The van der Waals surface area contributed by atoms with Gasteiger partial charge in [0.2, 0.25) is 5.91 Å². The summed E-state index contributed by atoms with van der Waals surface area (Å²) in [5.74, 6) is 0.843. The van der Waals surface area contributed by atoms with Crippen molar-refractivity contribution in [1.82, 2.24) is 5.43 Å². The Morgan fingerprint density at radius 2 is 1.82 bits per heavy atom. The summed E-state index contributed by atoms with van der Waals surface area (Å²) in [6, 6.07) is 27.4. The third-order valence-electron chi connectivity index (χ3n) is 4.77. The minimum atomic E-state index is -0.161. The monoisotopic (exact) mass is 538 g/mol. The number of amides is 1. The van der Waals surface area contributed by atoms with E-state index < -0.39 is 0 Å². The zero-order valence-corrected chi connectivity index (χ0v) is 20.7. The molecule has 0 saturated carbocycles. The van der Waals surface area contributed by atoms with Gasteiger partial charge < -0.3 is 4.74 Å². The first-order chi connectivity index (χ1) is 16.1. The van der Waals surface area contributed by atoms with E-state index in [0.717, 1.165) is 37.0 Å². The van der Waals surface area contributed by atoms with Crippen LogP contribution in [0.5, 0.6) is 5.75 Å². The van der Waals surface area contributed by atoms with Gasteiger partial charge in [0.1, 0.15) is 12.4 Å². The molecule has 0 heterocycles. The van der Waals surface area contributed by atoms with Crippen molar-refractivity contribution < 1.29 is 9.53 Å². The fraction of sp³-hybridized carbons (Fsp3) is 0.0769. The topological polar surface area (TPSA) is 50.7 Å². The third kappa shape index (κ3) is 6.60. The molecule has 0 saturated heterocycles. The Kier molecular flexibility index (Phi) is 8.05. The summed E-state index contributed by atoms with van der Waals surface area (Å²) in [7, 11) is 0. The van der Waals surface area contributed by atoms with E-state index in [2.05, 4.69) is 44.7 Å². The number of halogens is 2. The summed E-state index contributed by atoms with van der Waals surface area (Å²) in [6.07, 6.45) is 1.61. The standard InChI is InChI=1S/C26H20BrClN2O2S/c27-23-14-19(10-13-24(23)32-16-18-8-11-21(28)12-9-18)15-29-30-26(31)17-33-25-7-3-5-20-4-1-2-6-22(20)25/h1-15H,16-17H2,(H,30,31)/b29-15+. The maximum Gasteiger partial charge on any atom is 0.250 e. The number of hydrogen-bond acceptors (Lipinski definition) is 4. The second kappa shape index (κ2) is 11.4. The Morgan fingerprint density at radius 3 is 2.64 bits per heavy atom. The average molecular weight is 540 g/mol. The maximum absolute atomic E-state index is 12.2. The van der Waals surface area contributed by atoms with Gasteiger partial charge in [-0.05, 0) is 74.2 Å². The van der Waals surface area contributed by atoms with Gasteiger partial charge in [0.15, 0.2) is 0 Å². The second-order valence-electron chi connectivity index (χ2n) is 7.16. The molecule has 0 spiro atoms. The number of carbonyl (C=O) groups excluding carboxylic acids is 1. The number of hydrazone groups is 1. The molecule has 0 unspecified atom stereocenters. The maximum atomic E-state index is 12.2. The Bertz CT molecular complexity index is 1290. The average Bonchev–Trinajstić information content (AvgIpc) is 2.83. The van der Waals surface area contributed by atoms with Gasteiger partial charge in [-0.2, -0.15) is 5.10 Å². The first-order valence-electron chi connectivity index (χ1n) is 10.2. The second-order valence-corrected chi connectivity index (χ2v) is 9.47. The number of ether oxygens (including phenoxy) is 1. The molecular weight excluding hydrogens is 520 g/mol. The van der Waals surface area contributed by atoms with E-state index in [1.165, 1.54) is 11.8 Å². The molecule has 4 rings (SSSR count). The molecule has 0 radical (unpaired) electrons. The highest BCUT2D eigenvalue weighted by molar-refractivity contribution is 9.10. The molecule has 0 aliphatic heterocycles. The molecule has 1 N–H and O–H groups in total. The minimum Gasteiger partial charge on any atom is -0.488 e. The lowest BCUT2D eigenvalue weighted by Gasteiger charge is -2.09. The van der Waals surface area contributed by atoms with Gasteiger partial charge in [-0.3, -0.25) is 4.79 Å². The first-order valence-corrected chi connectivity index (χ1v) is 12.3. The Hall–Kier alpha value is -2.80. The van der Waals surface area contributed by atoms with Crippen molar-refractivity contribution in [2.24, 2.45) is 5.10 Å². The fourth-order valence-electron chi connectivity index (χ4n) is 3.13. The molecule has 166 valence electrons. The number of thioether (sulfide) groups is 1. The van der Waals surface area contributed by atoms with Crippen LogP contribution in [-0.4, -0.2) is 17.9 Å². The van der Waals surface area contributed by atoms with Crippen LogP contribution in [0.4, 0.5) is 0 Å². The molecular formula is C26H20BrClN2O2S. The van der Waals surface area contributed by atoms with Gasteiger partial charge in [-0.1, -0.05) is 60.1 Å². The highest BCUT2D eigenvalue weighted by atomic mass is 79.9. The molecule has 0 aliphatic rings. The minimum absolute atomic E-state index is 0.161. The predicted octanol–water partition coefficient (Wildman–Crippen LogP) is 7.08. The van der Waals surface area contributed by atoms with E-state index in [0.29, 0.717) is 11.6 Å². The molecule has 33 heavy (non-hydrogen) atoms. The van der Waals surface area contributed by atoms with Gasteiger partial charge in [0, 0.05) is 9.92 Å². The molecule has 4 aromatic carbocycles. The van der Waals surface area contributed by atoms with Crippen LogP contribution in [0, 0.1) is 0 Å². The molecule has 0 atom stereocenters. The summed E-state index contributed by atoms with van der Waals surface area (Å²) in [5.41, 5.74) is 4.45. The SMILES string of the molecule is O=C(CSc1cccc2ccccc12)N/N=C/c1ccc(OCc2ccc(Cl)cc2)c(Br)c1. The van der Waals surface area contributed by atoms with Gasteiger partial charge in [-0.15, -0.1) is 11.8 Å². The highest BCUT2D eigenvalue weighted by Gasteiger charge is 2.06. The van der Waals surface area contributed by atoms with E-state index in [9.17, 15) is 4.79 Å². The van der Waals surface area contributed by atoms with Crippen molar-refractivity contribution in [2.75, 3.05) is 5.75 Å². The summed E-state index contributed by atoms with van der Waals surface area (Å²) >= 11 is 10.9. The Labute approximate surface area is 210 Å². The molecule has 1 amide bonds. The normalized spacial score (nSPS) is 11.1. The lowest BCUT2D eigenvalue weighted by atomic mass is 10.1. The summed E-state index contributed by atoms with van der Waals surface area (Å²) in [5, 5.41) is 7.08. The highest BCUT2D eigenvalue weighted by Crippen LogP contribution is 2.28. The van der Waals surface area contributed by atoms with Crippen LogP contribution in [0.15, 0.2) is 99.4 Å². The molecule has 7 heteroatoms. The Balaban J connectivity index is 1.28. The quantitative estimate of drug-likeness (QED) is 0.148. The van der Waals surface area contributed by atoms with Crippen LogP contribution in [0.2, 0.25) is 5.02 Å². The molecule has 0 aromatic heterocycles. The number of nitrogens with zero attached hydrogens (tertiary/aromatic N) is 1. The molecule has 0 bridgehead atoms. The van der Waals surface area contributed by atoms with Crippen LogP contribution in [0.25, 0.3) is 10.8 Å². The molecule has 4 aromatic rings. The van der Waals surface area contributed by atoms with E-state index >= 15 is 0 Å². The van der Waals surface area contributed by atoms with E-state index in [-0.39, 0.29) is 11.7 Å². The Morgan fingerprint density at radius 1 is 1.03 bits per heavy atom. The van der Waals surface area contributed by atoms with Gasteiger partial charge in [0.25, 0.3) is 0 Å². The summed E-state index contributed by atoms with van der Waals surface area (Å²) in [4.78, 5) is 13.3. The zero-order chi connectivity index (χ0) is 23.0. The number of carbonyl (C=O) groups is 1.